The second-order valence-electron chi connectivity index (χ2n) is 10.0. The van der Waals surface area contributed by atoms with E-state index in [1.807, 2.05) is 0 Å². The summed E-state index contributed by atoms with van der Waals surface area (Å²) >= 11 is 6.01. The Bertz CT molecular complexity index is 1760. The Labute approximate surface area is 246 Å². The molecule has 0 amide bonds. The minimum atomic E-state index is -3.93. The largest absolute Gasteiger partial charge is 0.443 e. The van der Waals surface area contributed by atoms with Gasteiger partial charge in [0.15, 0.2) is 12.5 Å². The van der Waals surface area contributed by atoms with Crippen molar-refractivity contribution in [1.82, 2.24) is 9.55 Å². The van der Waals surface area contributed by atoms with Gasteiger partial charge in [0.05, 0.1) is 22.6 Å². The number of halogens is 3. The van der Waals surface area contributed by atoms with Crippen LogP contribution in [0.5, 0.6) is 0 Å². The second kappa shape index (κ2) is 12.6. The smallest absolute Gasteiger partial charge is 0.324 e. The summed E-state index contributed by atoms with van der Waals surface area (Å²) in [5.74, 6) is -4.78. The normalized spacial score (nSPS) is 12.5. The van der Waals surface area contributed by atoms with Crippen LogP contribution in [-0.4, -0.2) is 41.5 Å². The minimum Gasteiger partial charge on any atom is -0.443 e. The Morgan fingerprint density at radius 3 is 2.45 bits per heavy atom. The number of benzene rings is 2. The zero-order valence-corrected chi connectivity index (χ0v) is 24.6. The number of hydrogen-bond acceptors (Lipinski definition) is 7. The zero-order chi connectivity index (χ0) is 30.8. The van der Waals surface area contributed by atoms with Gasteiger partial charge in [-0.2, -0.15) is 0 Å². The van der Waals surface area contributed by atoms with E-state index in [0.717, 1.165) is 12.1 Å². The molecule has 2 heterocycles. The Kier molecular flexibility index (Phi) is 9.29. The van der Waals surface area contributed by atoms with Crippen LogP contribution in [0, 0.1) is 17.6 Å². The van der Waals surface area contributed by atoms with Gasteiger partial charge in [-0.3, -0.25) is 18.9 Å². The maximum atomic E-state index is 15.5. The first-order chi connectivity index (χ1) is 19.8. The van der Waals surface area contributed by atoms with E-state index >= 15 is 4.39 Å². The molecule has 4 rings (SSSR count). The highest BCUT2D eigenvalue weighted by atomic mass is 35.5. The molecule has 0 spiro atoms. The predicted molar refractivity (Wildman–Crippen MR) is 157 cm³/mol. The number of anilines is 1. The van der Waals surface area contributed by atoms with Crippen molar-refractivity contribution in [2.24, 2.45) is 11.7 Å². The lowest BCUT2D eigenvalue weighted by Gasteiger charge is -2.15. The highest BCUT2D eigenvalue weighted by molar-refractivity contribution is 7.92. The van der Waals surface area contributed by atoms with Crippen LogP contribution in [0.15, 0.2) is 54.9 Å². The molecule has 222 valence electrons. The first-order valence-electron chi connectivity index (χ1n) is 13.0. The Hall–Kier alpha value is -3.87. The molecule has 9 nitrogen and oxygen atoms in total. The molecular weight excluding hydrogens is 590 g/mol. The number of nitrogens with zero attached hydrogens (tertiary/aromatic N) is 2. The van der Waals surface area contributed by atoms with Crippen LogP contribution < -0.4 is 10.5 Å². The van der Waals surface area contributed by atoms with E-state index in [1.54, 1.807) is 51.1 Å². The van der Waals surface area contributed by atoms with Crippen molar-refractivity contribution >= 4 is 50.1 Å². The summed E-state index contributed by atoms with van der Waals surface area (Å²) in [5.41, 5.74) is 5.69. The lowest BCUT2D eigenvalue weighted by atomic mass is 10.00. The molecule has 1 atom stereocenters. The number of hydrogen-bond donors (Lipinski definition) is 2. The van der Waals surface area contributed by atoms with Gasteiger partial charge in [-0.15, -0.1) is 0 Å². The van der Waals surface area contributed by atoms with Gasteiger partial charge in [-0.1, -0.05) is 44.5 Å². The van der Waals surface area contributed by atoms with Crippen molar-refractivity contribution < 1.29 is 31.5 Å². The van der Waals surface area contributed by atoms with E-state index in [1.165, 1.54) is 17.0 Å². The number of carbonyl (C=O) groups is 2. The van der Waals surface area contributed by atoms with Crippen molar-refractivity contribution in [2.75, 3.05) is 10.5 Å². The fourth-order valence-electron chi connectivity index (χ4n) is 4.21. The van der Waals surface area contributed by atoms with Gasteiger partial charge in [0, 0.05) is 28.4 Å². The van der Waals surface area contributed by atoms with E-state index < -0.39 is 50.7 Å². The van der Waals surface area contributed by atoms with Crippen LogP contribution in [0.3, 0.4) is 0 Å². The van der Waals surface area contributed by atoms with E-state index in [-0.39, 0.29) is 41.4 Å². The molecule has 0 aliphatic carbocycles. The van der Waals surface area contributed by atoms with Crippen LogP contribution in [-0.2, 0) is 26.3 Å². The van der Waals surface area contributed by atoms with Crippen molar-refractivity contribution in [3.8, 4) is 11.1 Å². The fraction of sp³-hybridized carbons (Fsp3) is 0.276. The third kappa shape index (κ3) is 6.61. The number of carbonyl (C=O) groups excluding carboxylic acids is 2. The van der Waals surface area contributed by atoms with Crippen LogP contribution in [0.4, 0.5) is 14.5 Å². The Morgan fingerprint density at radius 1 is 1.12 bits per heavy atom. The topological polar surface area (TPSA) is 133 Å². The third-order valence-electron chi connectivity index (χ3n) is 6.53. The number of pyridine rings is 1. The van der Waals surface area contributed by atoms with Gasteiger partial charge >= 0.3 is 5.97 Å². The second-order valence-corrected chi connectivity index (χ2v) is 12.3. The maximum absolute atomic E-state index is 15.5. The molecule has 4 aromatic rings. The number of nitrogens with one attached hydrogen (secondary N) is 1. The highest BCUT2D eigenvalue weighted by Gasteiger charge is 2.27. The number of esters is 1. The number of ketones is 1. The lowest BCUT2D eigenvalue weighted by molar-refractivity contribution is -0.150. The number of fused-ring (bicyclic) bond motifs is 1. The Balaban J connectivity index is 1.83. The third-order valence-corrected chi connectivity index (χ3v) is 8.26. The summed E-state index contributed by atoms with van der Waals surface area (Å²) in [7, 11) is -3.93. The number of rotatable bonds is 11. The Morgan fingerprint density at radius 2 is 1.81 bits per heavy atom. The predicted octanol–water partition coefficient (Wildman–Crippen LogP) is 5.50. The molecule has 0 saturated carbocycles. The van der Waals surface area contributed by atoms with E-state index in [9.17, 15) is 22.4 Å². The first-order valence-corrected chi connectivity index (χ1v) is 15.1. The van der Waals surface area contributed by atoms with Crippen molar-refractivity contribution in [2.45, 2.75) is 40.0 Å². The number of aromatic nitrogens is 2. The molecule has 2 aromatic heterocycles. The minimum absolute atomic E-state index is 0.149. The molecular formula is C29H29ClF2N4O5S. The zero-order valence-electron chi connectivity index (χ0n) is 23.0. The molecule has 3 N–H and O–H groups in total. The van der Waals surface area contributed by atoms with E-state index in [0.29, 0.717) is 16.1 Å². The summed E-state index contributed by atoms with van der Waals surface area (Å²) < 4.78 is 63.8. The van der Waals surface area contributed by atoms with Crippen molar-refractivity contribution in [3.05, 3.63) is 82.6 Å². The molecule has 0 bridgehead atoms. The molecule has 0 aliphatic heterocycles. The van der Waals surface area contributed by atoms with Gasteiger partial charge in [-0.05, 0) is 48.2 Å². The van der Waals surface area contributed by atoms with Gasteiger partial charge in [-0.25, -0.2) is 22.2 Å². The summed E-state index contributed by atoms with van der Waals surface area (Å²) in [6.45, 7) is 4.77. The summed E-state index contributed by atoms with van der Waals surface area (Å²) in [4.78, 5) is 30.6. The van der Waals surface area contributed by atoms with Gasteiger partial charge in [0.1, 0.15) is 17.5 Å². The van der Waals surface area contributed by atoms with E-state index in [4.69, 9.17) is 22.1 Å². The van der Waals surface area contributed by atoms with Gasteiger partial charge in [0.2, 0.25) is 15.8 Å². The van der Waals surface area contributed by atoms with Gasteiger partial charge in [0.25, 0.3) is 0 Å². The standard InChI is InChI=1S/C29H29ClF2N4O5S/c1-4-11-42(39,40)35-23-10-9-22(31)24(25(23)32)27(37)21-14-36(15-41-29(38)26(33)16(2)3)28-20(21)12-18(13-34-28)17-5-7-19(30)8-6-17/h5-10,12-14,16,26,35H,4,11,15,33H2,1-3H3. The number of sulfonamides is 1. The fourth-order valence-corrected chi connectivity index (χ4v) is 5.47. The van der Waals surface area contributed by atoms with Crippen molar-refractivity contribution in [1.29, 1.82) is 0 Å². The maximum Gasteiger partial charge on any atom is 0.324 e. The molecule has 0 aliphatic rings. The summed E-state index contributed by atoms with van der Waals surface area (Å²) in [6.07, 6.45) is 3.06. The molecule has 13 heteroatoms. The van der Waals surface area contributed by atoms with Crippen molar-refractivity contribution in [3.63, 3.8) is 0 Å². The highest BCUT2D eigenvalue weighted by Crippen LogP contribution is 2.31. The molecule has 1 unspecified atom stereocenters. The summed E-state index contributed by atoms with van der Waals surface area (Å²) in [6, 6.07) is 9.27. The number of ether oxygens (including phenoxy) is 1. The molecule has 42 heavy (non-hydrogen) atoms. The summed E-state index contributed by atoms with van der Waals surface area (Å²) in [5, 5.41) is 0.726. The molecule has 2 aromatic carbocycles. The van der Waals surface area contributed by atoms with Crippen LogP contribution in [0.2, 0.25) is 5.02 Å². The first kappa shape index (κ1) is 31.1. The van der Waals surface area contributed by atoms with Crippen LogP contribution in [0.25, 0.3) is 22.2 Å². The van der Waals surface area contributed by atoms with E-state index in [2.05, 4.69) is 9.71 Å². The molecule has 0 saturated heterocycles. The van der Waals surface area contributed by atoms with Crippen LogP contribution in [0.1, 0.15) is 43.1 Å². The van der Waals surface area contributed by atoms with Crippen LogP contribution >= 0.6 is 11.6 Å². The monoisotopic (exact) mass is 618 g/mol. The number of nitrogens with two attached hydrogens (primary N) is 1. The lowest BCUT2D eigenvalue weighted by Crippen LogP contribution is -2.37. The molecule has 0 fully saturated rings. The average molecular weight is 619 g/mol. The SMILES string of the molecule is CCCS(=O)(=O)Nc1ccc(F)c(C(=O)c2cn(COC(=O)C(N)C(C)C)c3ncc(-c4ccc(Cl)cc4)cc23)c1F. The van der Waals surface area contributed by atoms with Gasteiger partial charge < -0.3 is 10.5 Å². The quantitative estimate of drug-likeness (QED) is 0.167. The molecule has 0 radical (unpaired) electrons. The average Bonchev–Trinajstić information content (AvgIpc) is 3.31.